The van der Waals surface area contributed by atoms with E-state index in [1.54, 1.807) is 31.5 Å². The number of nitrogens with two attached hydrogens (primary N) is 1. The molecule has 3 rings (SSSR count). The van der Waals surface area contributed by atoms with E-state index in [9.17, 15) is 28.8 Å². The highest BCUT2D eigenvalue weighted by atomic mass is 16.2. The Bertz CT molecular complexity index is 1570. The minimum Gasteiger partial charge on any atom is -0.368 e. The SMILES string of the molecule is CCC(C)C(CC(=O)C(CC(C)C)NC(=O)Cc1ccncc1)C(=O)C(=O)CCC(=O)NC(Cc1ccc2ccccc2c1)C(N)=O. The minimum atomic E-state index is -0.994. The van der Waals surface area contributed by atoms with Gasteiger partial charge in [0, 0.05) is 44.0 Å². The highest BCUT2D eigenvalue weighted by Crippen LogP contribution is 2.24. The van der Waals surface area contributed by atoms with E-state index in [2.05, 4.69) is 15.6 Å². The summed E-state index contributed by atoms with van der Waals surface area (Å²) in [5.41, 5.74) is 7.14. The first kappa shape index (κ1) is 36.7. The number of nitrogens with one attached hydrogen (secondary N) is 2. The maximum absolute atomic E-state index is 13.5. The number of rotatable bonds is 19. The fourth-order valence-corrected chi connectivity index (χ4v) is 5.52. The zero-order chi connectivity index (χ0) is 34.5. The largest absolute Gasteiger partial charge is 0.368 e. The van der Waals surface area contributed by atoms with Gasteiger partial charge in [0.25, 0.3) is 0 Å². The van der Waals surface area contributed by atoms with E-state index < -0.39 is 41.4 Å². The van der Waals surface area contributed by atoms with Crippen molar-refractivity contribution in [2.24, 2.45) is 23.5 Å². The zero-order valence-electron chi connectivity index (χ0n) is 27.7. The second-order valence-electron chi connectivity index (χ2n) is 12.6. The lowest BCUT2D eigenvalue weighted by Gasteiger charge is -2.25. The summed E-state index contributed by atoms with van der Waals surface area (Å²) in [5.74, 6) is -4.48. The molecule has 10 nitrogen and oxygen atoms in total. The van der Waals surface area contributed by atoms with Crippen LogP contribution in [0.25, 0.3) is 10.8 Å². The Morgan fingerprint density at radius 3 is 2.09 bits per heavy atom. The highest BCUT2D eigenvalue weighted by molar-refractivity contribution is 6.38. The van der Waals surface area contributed by atoms with Crippen LogP contribution in [-0.4, -0.2) is 52.1 Å². The molecule has 4 unspecified atom stereocenters. The van der Waals surface area contributed by atoms with Crippen LogP contribution < -0.4 is 16.4 Å². The van der Waals surface area contributed by atoms with Gasteiger partial charge in [-0.15, -0.1) is 0 Å². The van der Waals surface area contributed by atoms with Crippen LogP contribution in [0.3, 0.4) is 0 Å². The molecule has 0 radical (unpaired) electrons. The molecule has 4 N–H and O–H groups in total. The zero-order valence-corrected chi connectivity index (χ0v) is 27.7. The first-order chi connectivity index (χ1) is 22.4. The molecule has 4 atom stereocenters. The minimum absolute atomic E-state index is 0.0809. The molecule has 1 heterocycles. The Balaban J connectivity index is 1.60. The molecule has 47 heavy (non-hydrogen) atoms. The molecule has 3 amide bonds. The third kappa shape index (κ3) is 11.5. The van der Waals surface area contributed by atoms with Gasteiger partial charge in [0.1, 0.15) is 6.04 Å². The second-order valence-corrected chi connectivity index (χ2v) is 12.6. The van der Waals surface area contributed by atoms with Crippen molar-refractivity contribution < 1.29 is 28.8 Å². The molecule has 3 aromatic rings. The van der Waals surface area contributed by atoms with Crippen LogP contribution in [0.2, 0.25) is 0 Å². The van der Waals surface area contributed by atoms with Crippen molar-refractivity contribution in [2.45, 2.75) is 84.7 Å². The van der Waals surface area contributed by atoms with Crippen molar-refractivity contribution in [1.29, 1.82) is 0 Å². The third-order valence-corrected chi connectivity index (χ3v) is 8.42. The first-order valence-corrected chi connectivity index (χ1v) is 16.2. The standard InChI is InChI=1S/C37H46N4O6/c1-5-24(4)29(22-33(43)30(18-23(2)3)40-35(45)21-25-14-16-39-17-15-25)36(46)32(42)12-13-34(44)41-31(37(38)47)20-26-10-11-27-8-6-7-9-28(27)19-26/h6-11,14-17,19,23-24,29-31H,5,12-13,18,20-22H2,1-4H3,(H2,38,47)(H,40,45)(H,41,44). The topological polar surface area (TPSA) is 165 Å². The molecule has 250 valence electrons. The molecule has 0 bridgehead atoms. The molecule has 0 fully saturated rings. The molecule has 1 aromatic heterocycles. The molecule has 0 saturated heterocycles. The third-order valence-electron chi connectivity index (χ3n) is 8.42. The number of primary amides is 1. The molecule has 0 aliphatic carbocycles. The predicted octanol–water partition coefficient (Wildman–Crippen LogP) is 4.06. The van der Waals surface area contributed by atoms with Crippen LogP contribution in [0.4, 0.5) is 0 Å². The van der Waals surface area contributed by atoms with E-state index in [1.807, 2.05) is 63.2 Å². The number of nitrogens with zero attached hydrogens (tertiary/aromatic N) is 1. The Kier molecular flexibility index (Phi) is 13.9. The van der Waals surface area contributed by atoms with Gasteiger partial charge >= 0.3 is 0 Å². The Morgan fingerprint density at radius 1 is 0.787 bits per heavy atom. The van der Waals surface area contributed by atoms with Crippen LogP contribution in [-0.2, 0) is 41.6 Å². The highest BCUT2D eigenvalue weighted by Gasteiger charge is 2.34. The molecular weight excluding hydrogens is 596 g/mol. The lowest BCUT2D eigenvalue weighted by Crippen LogP contribution is -2.46. The number of ketones is 3. The molecule has 0 saturated carbocycles. The van der Waals surface area contributed by atoms with Gasteiger partial charge in [-0.1, -0.05) is 76.6 Å². The van der Waals surface area contributed by atoms with Crippen LogP contribution in [0.5, 0.6) is 0 Å². The molecular formula is C37H46N4O6. The second kappa shape index (κ2) is 17.8. The normalized spacial score (nSPS) is 13.7. The van der Waals surface area contributed by atoms with E-state index >= 15 is 0 Å². The van der Waals surface area contributed by atoms with Crippen LogP contribution in [0.1, 0.15) is 70.9 Å². The maximum Gasteiger partial charge on any atom is 0.240 e. The Hall–Kier alpha value is -4.73. The lowest BCUT2D eigenvalue weighted by atomic mass is 9.80. The summed E-state index contributed by atoms with van der Waals surface area (Å²) in [5, 5.41) is 7.45. The summed E-state index contributed by atoms with van der Waals surface area (Å²) in [6.07, 6.45) is 3.49. The summed E-state index contributed by atoms with van der Waals surface area (Å²) in [6.45, 7) is 7.55. The quantitative estimate of drug-likeness (QED) is 0.166. The number of carbonyl (C=O) groups is 6. The summed E-state index contributed by atoms with van der Waals surface area (Å²) < 4.78 is 0. The van der Waals surface area contributed by atoms with Gasteiger partial charge in [-0.25, -0.2) is 0 Å². The van der Waals surface area contributed by atoms with Crippen LogP contribution in [0.15, 0.2) is 67.0 Å². The number of aromatic nitrogens is 1. The van der Waals surface area contributed by atoms with Crippen molar-refractivity contribution in [3.63, 3.8) is 0 Å². The number of amides is 3. The van der Waals surface area contributed by atoms with Gasteiger partial charge in [-0.2, -0.15) is 0 Å². The van der Waals surface area contributed by atoms with Crippen molar-refractivity contribution >= 4 is 45.8 Å². The van der Waals surface area contributed by atoms with E-state index in [0.717, 1.165) is 21.9 Å². The van der Waals surface area contributed by atoms with E-state index in [4.69, 9.17) is 5.73 Å². The Morgan fingerprint density at radius 2 is 1.45 bits per heavy atom. The fourth-order valence-electron chi connectivity index (χ4n) is 5.52. The molecule has 0 aliphatic heterocycles. The first-order valence-electron chi connectivity index (χ1n) is 16.2. The van der Waals surface area contributed by atoms with Crippen molar-refractivity contribution in [2.75, 3.05) is 0 Å². The van der Waals surface area contributed by atoms with Gasteiger partial charge in [-0.3, -0.25) is 33.8 Å². The lowest BCUT2D eigenvalue weighted by molar-refractivity contribution is -0.142. The smallest absolute Gasteiger partial charge is 0.240 e. The van der Waals surface area contributed by atoms with Crippen molar-refractivity contribution in [3.8, 4) is 0 Å². The molecule has 2 aromatic carbocycles. The number of pyridine rings is 1. The number of hydrogen-bond acceptors (Lipinski definition) is 7. The van der Waals surface area contributed by atoms with Gasteiger partial charge in [0.2, 0.25) is 23.5 Å². The number of Topliss-reactive ketones (excluding diaryl/α,β-unsaturated/α-hetero) is 3. The maximum atomic E-state index is 13.5. The van der Waals surface area contributed by atoms with E-state index in [0.29, 0.717) is 12.8 Å². The van der Waals surface area contributed by atoms with Crippen LogP contribution in [0, 0.1) is 17.8 Å². The number of benzene rings is 2. The summed E-state index contributed by atoms with van der Waals surface area (Å²) >= 11 is 0. The summed E-state index contributed by atoms with van der Waals surface area (Å²) in [4.78, 5) is 81.6. The number of hydrogen-bond donors (Lipinski definition) is 3. The average Bonchev–Trinajstić information content (AvgIpc) is 3.04. The van der Waals surface area contributed by atoms with Crippen molar-refractivity contribution in [3.05, 3.63) is 78.1 Å². The average molecular weight is 643 g/mol. The van der Waals surface area contributed by atoms with Crippen molar-refractivity contribution in [1.82, 2.24) is 15.6 Å². The van der Waals surface area contributed by atoms with Gasteiger partial charge in [-0.05, 0) is 52.3 Å². The number of fused-ring (bicyclic) bond motifs is 1. The number of carbonyl (C=O) groups excluding carboxylic acids is 6. The van der Waals surface area contributed by atoms with Gasteiger partial charge < -0.3 is 16.4 Å². The summed E-state index contributed by atoms with van der Waals surface area (Å²) in [7, 11) is 0. The monoisotopic (exact) mass is 642 g/mol. The summed E-state index contributed by atoms with van der Waals surface area (Å²) in [6, 6.07) is 15.1. The Labute approximate surface area is 276 Å². The van der Waals surface area contributed by atoms with Crippen LogP contribution >= 0.6 is 0 Å². The molecule has 10 heteroatoms. The fraction of sp³-hybridized carbons (Fsp3) is 0.432. The molecule has 0 spiro atoms. The van der Waals surface area contributed by atoms with E-state index in [-0.39, 0.29) is 55.6 Å². The van der Waals surface area contributed by atoms with Gasteiger partial charge in [0.05, 0.1) is 12.5 Å². The van der Waals surface area contributed by atoms with E-state index in [1.165, 1.54) is 0 Å². The predicted molar refractivity (Wildman–Crippen MR) is 180 cm³/mol. The molecule has 0 aliphatic rings. The van der Waals surface area contributed by atoms with Gasteiger partial charge in [0.15, 0.2) is 11.6 Å².